The predicted octanol–water partition coefficient (Wildman–Crippen LogP) is 2.96. The van der Waals surface area contributed by atoms with Gasteiger partial charge in [-0.05, 0) is 34.7 Å². The SMILES string of the molecule is CC1CCN(S(=O)(=O)c2cc(CNC(C)C)oc2Br)CC1. The summed E-state index contributed by atoms with van der Waals surface area (Å²) < 4.78 is 32.7. The Hall–Kier alpha value is -0.370. The molecule has 0 amide bonds. The van der Waals surface area contributed by atoms with Gasteiger partial charge in [-0.1, -0.05) is 20.8 Å². The van der Waals surface area contributed by atoms with Gasteiger partial charge in [0, 0.05) is 25.2 Å². The van der Waals surface area contributed by atoms with Crippen LogP contribution >= 0.6 is 15.9 Å². The van der Waals surface area contributed by atoms with E-state index in [1.807, 2.05) is 13.8 Å². The van der Waals surface area contributed by atoms with E-state index in [-0.39, 0.29) is 4.90 Å². The molecule has 1 saturated heterocycles. The Balaban J connectivity index is 2.16. The summed E-state index contributed by atoms with van der Waals surface area (Å²) in [5.41, 5.74) is 0. The highest BCUT2D eigenvalue weighted by Crippen LogP contribution is 2.31. The average Bonchev–Trinajstić information content (AvgIpc) is 2.79. The Kier molecular flexibility index (Phi) is 5.51. The highest BCUT2D eigenvalue weighted by atomic mass is 79.9. The molecule has 1 aromatic heterocycles. The van der Waals surface area contributed by atoms with Crippen LogP contribution in [0.1, 0.15) is 39.4 Å². The van der Waals surface area contributed by atoms with Gasteiger partial charge in [-0.3, -0.25) is 0 Å². The summed E-state index contributed by atoms with van der Waals surface area (Å²) in [5.74, 6) is 1.22. The van der Waals surface area contributed by atoms with Gasteiger partial charge in [0.1, 0.15) is 10.7 Å². The van der Waals surface area contributed by atoms with Crippen molar-refractivity contribution in [3.05, 3.63) is 16.5 Å². The average molecular weight is 379 g/mol. The van der Waals surface area contributed by atoms with Crippen LogP contribution in [0.2, 0.25) is 0 Å². The number of sulfonamides is 1. The van der Waals surface area contributed by atoms with Gasteiger partial charge >= 0.3 is 0 Å². The van der Waals surface area contributed by atoms with Crippen molar-refractivity contribution < 1.29 is 12.8 Å². The zero-order valence-corrected chi connectivity index (χ0v) is 15.1. The van der Waals surface area contributed by atoms with Crippen molar-refractivity contribution >= 4 is 26.0 Å². The van der Waals surface area contributed by atoms with Crippen molar-refractivity contribution in [3.63, 3.8) is 0 Å². The molecule has 0 spiro atoms. The Bertz CT molecular complexity index is 575. The monoisotopic (exact) mass is 378 g/mol. The number of halogens is 1. The topological polar surface area (TPSA) is 62.6 Å². The summed E-state index contributed by atoms with van der Waals surface area (Å²) in [5, 5.41) is 3.22. The minimum Gasteiger partial charge on any atom is -0.452 e. The standard InChI is InChI=1S/C14H23BrN2O3S/c1-10(2)16-9-12-8-13(14(15)20-12)21(18,19)17-6-4-11(3)5-7-17/h8,10-11,16H,4-7,9H2,1-3H3. The molecule has 0 aliphatic carbocycles. The van der Waals surface area contributed by atoms with Gasteiger partial charge in [0.2, 0.25) is 10.0 Å². The van der Waals surface area contributed by atoms with E-state index in [1.165, 1.54) is 0 Å². The predicted molar refractivity (Wildman–Crippen MR) is 85.5 cm³/mol. The van der Waals surface area contributed by atoms with Gasteiger partial charge in [0.25, 0.3) is 0 Å². The van der Waals surface area contributed by atoms with E-state index < -0.39 is 10.0 Å². The molecular formula is C14H23BrN2O3S. The quantitative estimate of drug-likeness (QED) is 0.855. The molecule has 1 aromatic rings. The summed E-state index contributed by atoms with van der Waals surface area (Å²) in [7, 11) is -3.47. The maximum Gasteiger partial charge on any atom is 0.247 e. The third-order valence-electron chi connectivity index (χ3n) is 3.75. The molecule has 2 rings (SSSR count). The van der Waals surface area contributed by atoms with E-state index in [9.17, 15) is 8.42 Å². The summed E-state index contributed by atoms with van der Waals surface area (Å²) in [6, 6.07) is 1.94. The zero-order valence-electron chi connectivity index (χ0n) is 12.7. The van der Waals surface area contributed by atoms with E-state index in [0.717, 1.165) is 12.8 Å². The van der Waals surface area contributed by atoms with Crippen LogP contribution in [0.15, 0.2) is 20.0 Å². The molecule has 1 aliphatic rings. The van der Waals surface area contributed by atoms with E-state index in [2.05, 4.69) is 28.2 Å². The molecule has 0 radical (unpaired) electrons. The highest BCUT2D eigenvalue weighted by molar-refractivity contribution is 9.10. The number of piperidine rings is 1. The molecule has 5 nitrogen and oxygen atoms in total. The Morgan fingerprint density at radius 1 is 1.43 bits per heavy atom. The van der Waals surface area contributed by atoms with Crippen LogP contribution in [0.25, 0.3) is 0 Å². The van der Waals surface area contributed by atoms with Crippen LogP contribution in [-0.2, 0) is 16.6 Å². The molecule has 0 unspecified atom stereocenters. The number of furan rings is 1. The van der Waals surface area contributed by atoms with E-state index >= 15 is 0 Å². The van der Waals surface area contributed by atoms with Gasteiger partial charge in [0.05, 0.1) is 6.54 Å². The molecule has 2 heterocycles. The van der Waals surface area contributed by atoms with E-state index in [4.69, 9.17) is 4.42 Å². The lowest BCUT2D eigenvalue weighted by molar-refractivity contribution is 0.287. The minimum absolute atomic E-state index is 0.234. The first-order valence-corrected chi connectivity index (χ1v) is 9.55. The molecule has 7 heteroatoms. The highest BCUT2D eigenvalue weighted by Gasteiger charge is 2.31. The molecule has 1 N–H and O–H groups in total. The van der Waals surface area contributed by atoms with Gasteiger partial charge < -0.3 is 9.73 Å². The lowest BCUT2D eigenvalue weighted by Crippen LogP contribution is -2.37. The molecule has 1 aliphatic heterocycles. The molecule has 0 saturated carbocycles. The Labute approximate surface area is 135 Å². The van der Waals surface area contributed by atoms with Gasteiger partial charge in [-0.15, -0.1) is 0 Å². The lowest BCUT2D eigenvalue weighted by Gasteiger charge is -2.28. The molecule has 21 heavy (non-hydrogen) atoms. The summed E-state index contributed by atoms with van der Waals surface area (Å²) >= 11 is 3.24. The second kappa shape index (κ2) is 6.81. The van der Waals surface area contributed by atoms with Gasteiger partial charge in [-0.25, -0.2) is 8.42 Å². The molecule has 1 fully saturated rings. The van der Waals surface area contributed by atoms with Gasteiger partial charge in [-0.2, -0.15) is 4.31 Å². The van der Waals surface area contributed by atoms with Crippen LogP contribution in [0.5, 0.6) is 0 Å². The Morgan fingerprint density at radius 2 is 2.05 bits per heavy atom. The first-order chi connectivity index (χ1) is 9.80. The van der Waals surface area contributed by atoms with Crippen molar-refractivity contribution in [3.8, 4) is 0 Å². The molecule has 0 bridgehead atoms. The van der Waals surface area contributed by atoms with Crippen LogP contribution in [0.3, 0.4) is 0 Å². The van der Waals surface area contributed by atoms with Crippen LogP contribution in [-0.4, -0.2) is 31.9 Å². The first-order valence-electron chi connectivity index (χ1n) is 7.32. The fraction of sp³-hybridized carbons (Fsp3) is 0.714. The smallest absolute Gasteiger partial charge is 0.247 e. The van der Waals surface area contributed by atoms with Gasteiger partial charge in [0.15, 0.2) is 4.67 Å². The third kappa shape index (κ3) is 4.09. The maximum atomic E-state index is 12.7. The number of hydrogen-bond donors (Lipinski definition) is 1. The van der Waals surface area contributed by atoms with E-state index in [1.54, 1.807) is 10.4 Å². The Morgan fingerprint density at radius 3 is 2.62 bits per heavy atom. The van der Waals surface area contributed by atoms with Crippen LogP contribution < -0.4 is 5.32 Å². The first kappa shape index (κ1) is 17.0. The molecule has 0 atom stereocenters. The molecule has 120 valence electrons. The van der Waals surface area contributed by atoms with Crippen molar-refractivity contribution in [2.24, 2.45) is 5.92 Å². The second-order valence-corrected chi connectivity index (χ2v) is 8.60. The number of hydrogen-bond acceptors (Lipinski definition) is 4. The van der Waals surface area contributed by atoms with Crippen LogP contribution in [0.4, 0.5) is 0 Å². The zero-order chi connectivity index (χ0) is 15.6. The van der Waals surface area contributed by atoms with E-state index in [0.29, 0.717) is 42.0 Å². The number of nitrogens with zero attached hydrogens (tertiary/aromatic N) is 1. The summed E-state index contributed by atoms with van der Waals surface area (Å²) in [4.78, 5) is 0.234. The van der Waals surface area contributed by atoms with Crippen molar-refractivity contribution in [1.29, 1.82) is 0 Å². The van der Waals surface area contributed by atoms with Crippen molar-refractivity contribution in [2.45, 2.75) is 51.1 Å². The maximum absolute atomic E-state index is 12.7. The largest absolute Gasteiger partial charge is 0.452 e. The fourth-order valence-corrected chi connectivity index (χ4v) is 4.76. The fourth-order valence-electron chi connectivity index (χ4n) is 2.33. The summed E-state index contributed by atoms with van der Waals surface area (Å²) in [6.45, 7) is 7.91. The molecular weight excluding hydrogens is 356 g/mol. The second-order valence-electron chi connectivity index (χ2n) is 5.97. The number of rotatable bonds is 5. The normalized spacial score (nSPS) is 18.5. The van der Waals surface area contributed by atoms with Crippen molar-refractivity contribution in [1.82, 2.24) is 9.62 Å². The van der Waals surface area contributed by atoms with Crippen molar-refractivity contribution in [2.75, 3.05) is 13.1 Å². The number of nitrogens with one attached hydrogen (secondary N) is 1. The minimum atomic E-state index is -3.47. The lowest BCUT2D eigenvalue weighted by atomic mass is 10.0. The third-order valence-corrected chi connectivity index (χ3v) is 6.51. The summed E-state index contributed by atoms with van der Waals surface area (Å²) in [6.07, 6.45) is 1.83. The van der Waals surface area contributed by atoms with Crippen LogP contribution in [0, 0.1) is 5.92 Å². The molecule has 0 aromatic carbocycles.